The molecule has 0 amide bonds. The van der Waals surface area contributed by atoms with Crippen molar-refractivity contribution in [1.29, 1.82) is 0 Å². The average molecular weight is 297 g/mol. The Morgan fingerprint density at radius 1 is 1.33 bits per heavy atom. The molecule has 2 atom stereocenters. The van der Waals surface area contributed by atoms with Gasteiger partial charge in [0.05, 0.1) is 7.11 Å². The van der Waals surface area contributed by atoms with E-state index >= 15 is 0 Å². The number of methoxy groups -OCH3 is 1. The Morgan fingerprint density at radius 2 is 2.14 bits per heavy atom. The maximum Gasteiger partial charge on any atom is 0.322 e. The van der Waals surface area contributed by atoms with Gasteiger partial charge in [-0.2, -0.15) is 0 Å². The lowest BCUT2D eigenvalue weighted by atomic mass is 10.1. The second kappa shape index (κ2) is 8.71. The van der Waals surface area contributed by atoms with Gasteiger partial charge in [-0.05, 0) is 58.3 Å². The molecule has 0 radical (unpaired) electrons. The molecule has 2 heterocycles. The summed E-state index contributed by atoms with van der Waals surface area (Å²) in [5, 5.41) is 3.31. The van der Waals surface area contributed by atoms with Gasteiger partial charge in [-0.25, -0.2) is 0 Å². The van der Waals surface area contributed by atoms with Crippen LogP contribution in [-0.4, -0.2) is 74.2 Å². The fourth-order valence-corrected chi connectivity index (χ4v) is 3.56. The number of nitrogens with zero attached hydrogens (tertiary/aromatic N) is 2. The standard InChI is InChI=1S/C16H31N3O2/c1-3-8-17-15(16(20)21-2)7-12-18-9-5-11-19-10-4-6-14(19)13-18/h14-15,17H,3-13H2,1-2H3. The van der Waals surface area contributed by atoms with Crippen molar-refractivity contribution < 1.29 is 9.53 Å². The number of esters is 1. The monoisotopic (exact) mass is 297 g/mol. The smallest absolute Gasteiger partial charge is 0.322 e. The van der Waals surface area contributed by atoms with Crippen LogP contribution in [0.15, 0.2) is 0 Å². The van der Waals surface area contributed by atoms with Gasteiger partial charge < -0.3 is 15.0 Å². The lowest BCUT2D eigenvalue weighted by molar-refractivity contribution is -0.143. The van der Waals surface area contributed by atoms with Crippen LogP contribution in [0.25, 0.3) is 0 Å². The van der Waals surface area contributed by atoms with Crippen LogP contribution in [0.1, 0.15) is 39.0 Å². The molecule has 0 aromatic heterocycles. The minimum absolute atomic E-state index is 0.124. The fourth-order valence-electron chi connectivity index (χ4n) is 3.56. The zero-order chi connectivity index (χ0) is 15.1. The molecular weight excluding hydrogens is 266 g/mol. The number of hydrogen-bond acceptors (Lipinski definition) is 5. The highest BCUT2D eigenvalue weighted by Crippen LogP contribution is 2.21. The van der Waals surface area contributed by atoms with E-state index in [1.54, 1.807) is 0 Å². The van der Waals surface area contributed by atoms with Crippen LogP contribution in [0.4, 0.5) is 0 Å². The summed E-state index contributed by atoms with van der Waals surface area (Å²) >= 11 is 0. The van der Waals surface area contributed by atoms with Crippen molar-refractivity contribution in [3.63, 3.8) is 0 Å². The summed E-state index contributed by atoms with van der Waals surface area (Å²) in [5.74, 6) is -0.124. The van der Waals surface area contributed by atoms with Crippen molar-refractivity contribution in [3.05, 3.63) is 0 Å². The molecule has 0 saturated carbocycles. The number of rotatable bonds is 7. The van der Waals surface area contributed by atoms with Gasteiger partial charge in [0.1, 0.15) is 6.04 Å². The third-order valence-corrected chi connectivity index (χ3v) is 4.75. The van der Waals surface area contributed by atoms with Gasteiger partial charge in [0, 0.05) is 19.1 Å². The van der Waals surface area contributed by atoms with Crippen LogP contribution >= 0.6 is 0 Å². The maximum atomic E-state index is 11.8. The lowest BCUT2D eigenvalue weighted by Gasteiger charge is -2.26. The van der Waals surface area contributed by atoms with Gasteiger partial charge in [0.2, 0.25) is 0 Å². The Balaban J connectivity index is 1.80. The molecule has 0 aromatic rings. The van der Waals surface area contributed by atoms with Gasteiger partial charge in [0.15, 0.2) is 0 Å². The van der Waals surface area contributed by atoms with Gasteiger partial charge in [-0.15, -0.1) is 0 Å². The van der Waals surface area contributed by atoms with Crippen LogP contribution in [0.2, 0.25) is 0 Å². The predicted octanol–water partition coefficient (Wildman–Crippen LogP) is 1.09. The molecule has 1 N–H and O–H groups in total. The minimum atomic E-state index is -0.155. The molecule has 21 heavy (non-hydrogen) atoms. The second-order valence-electron chi connectivity index (χ2n) is 6.30. The number of nitrogens with one attached hydrogen (secondary N) is 1. The molecular formula is C16H31N3O2. The van der Waals surface area contributed by atoms with E-state index in [9.17, 15) is 4.79 Å². The van der Waals surface area contributed by atoms with E-state index in [-0.39, 0.29) is 12.0 Å². The summed E-state index contributed by atoms with van der Waals surface area (Å²) in [4.78, 5) is 17.0. The van der Waals surface area contributed by atoms with Crippen molar-refractivity contribution in [2.24, 2.45) is 0 Å². The lowest BCUT2D eigenvalue weighted by Crippen LogP contribution is -2.42. The third-order valence-electron chi connectivity index (χ3n) is 4.75. The largest absolute Gasteiger partial charge is 0.468 e. The van der Waals surface area contributed by atoms with Crippen LogP contribution in [-0.2, 0) is 9.53 Å². The molecule has 2 unspecified atom stereocenters. The summed E-state index contributed by atoms with van der Waals surface area (Å²) in [7, 11) is 1.48. The predicted molar refractivity (Wildman–Crippen MR) is 84.4 cm³/mol. The Hall–Kier alpha value is -0.650. The molecule has 2 rings (SSSR count). The van der Waals surface area contributed by atoms with E-state index in [0.29, 0.717) is 0 Å². The Bertz CT molecular complexity index is 325. The van der Waals surface area contributed by atoms with Crippen LogP contribution < -0.4 is 5.32 Å². The molecule has 0 aromatic carbocycles. The first-order valence-electron chi connectivity index (χ1n) is 8.52. The molecule has 122 valence electrons. The third kappa shape index (κ3) is 4.94. The van der Waals surface area contributed by atoms with Crippen molar-refractivity contribution in [3.8, 4) is 0 Å². The number of hydrogen-bond donors (Lipinski definition) is 1. The average Bonchev–Trinajstić information content (AvgIpc) is 2.84. The number of carbonyl (C=O) groups is 1. The summed E-state index contributed by atoms with van der Waals surface area (Å²) in [5.41, 5.74) is 0. The first kappa shape index (κ1) is 16.7. The van der Waals surface area contributed by atoms with Crippen molar-refractivity contribution >= 4 is 5.97 Å². The molecule has 0 bridgehead atoms. The molecule has 2 aliphatic rings. The SMILES string of the molecule is CCCNC(CCN1CCCN2CCCC2C1)C(=O)OC. The highest BCUT2D eigenvalue weighted by Gasteiger charge is 2.29. The minimum Gasteiger partial charge on any atom is -0.468 e. The van der Waals surface area contributed by atoms with E-state index < -0.39 is 0 Å². The van der Waals surface area contributed by atoms with Gasteiger partial charge >= 0.3 is 5.97 Å². The number of ether oxygens (including phenoxy) is 1. The Kier molecular flexibility index (Phi) is 6.93. The molecule has 2 fully saturated rings. The molecule has 0 spiro atoms. The van der Waals surface area contributed by atoms with Crippen molar-refractivity contribution in [2.45, 2.75) is 51.1 Å². The zero-order valence-corrected chi connectivity index (χ0v) is 13.6. The first-order chi connectivity index (χ1) is 10.2. The van der Waals surface area contributed by atoms with E-state index in [2.05, 4.69) is 22.0 Å². The topological polar surface area (TPSA) is 44.8 Å². The van der Waals surface area contributed by atoms with E-state index in [1.165, 1.54) is 46.0 Å². The number of fused-ring (bicyclic) bond motifs is 1. The van der Waals surface area contributed by atoms with Crippen LogP contribution in [0.5, 0.6) is 0 Å². The second-order valence-corrected chi connectivity index (χ2v) is 6.30. The molecule has 5 heteroatoms. The summed E-state index contributed by atoms with van der Waals surface area (Å²) < 4.78 is 4.92. The first-order valence-corrected chi connectivity index (χ1v) is 8.52. The van der Waals surface area contributed by atoms with Gasteiger partial charge in [0.25, 0.3) is 0 Å². The number of carbonyl (C=O) groups excluding carboxylic acids is 1. The molecule has 2 saturated heterocycles. The maximum absolute atomic E-state index is 11.8. The Labute approximate surface area is 129 Å². The van der Waals surface area contributed by atoms with Crippen LogP contribution in [0.3, 0.4) is 0 Å². The van der Waals surface area contributed by atoms with Gasteiger partial charge in [-0.1, -0.05) is 6.92 Å². The normalized spacial score (nSPS) is 25.3. The summed E-state index contributed by atoms with van der Waals surface area (Å²) in [6.45, 7) is 8.83. The van der Waals surface area contributed by atoms with E-state index in [1.807, 2.05) is 0 Å². The van der Waals surface area contributed by atoms with E-state index in [0.717, 1.165) is 38.5 Å². The quantitative estimate of drug-likeness (QED) is 0.713. The zero-order valence-electron chi connectivity index (χ0n) is 13.6. The highest BCUT2D eigenvalue weighted by molar-refractivity contribution is 5.75. The Morgan fingerprint density at radius 3 is 2.90 bits per heavy atom. The molecule has 2 aliphatic heterocycles. The van der Waals surface area contributed by atoms with Crippen LogP contribution in [0, 0.1) is 0 Å². The highest BCUT2D eigenvalue weighted by atomic mass is 16.5. The van der Waals surface area contributed by atoms with Crippen molar-refractivity contribution in [1.82, 2.24) is 15.1 Å². The van der Waals surface area contributed by atoms with Gasteiger partial charge in [-0.3, -0.25) is 9.69 Å². The van der Waals surface area contributed by atoms with E-state index in [4.69, 9.17) is 4.74 Å². The van der Waals surface area contributed by atoms with Crippen molar-refractivity contribution in [2.75, 3.05) is 46.4 Å². The molecule has 5 nitrogen and oxygen atoms in total. The fraction of sp³-hybridized carbons (Fsp3) is 0.938. The summed E-state index contributed by atoms with van der Waals surface area (Å²) in [6.07, 6.45) is 5.82. The summed E-state index contributed by atoms with van der Waals surface area (Å²) in [6, 6.07) is 0.588. The molecule has 0 aliphatic carbocycles.